The Balaban J connectivity index is 1.71. The topological polar surface area (TPSA) is 121 Å². The number of fused-ring (bicyclic) bond motifs is 2. The Hall–Kier alpha value is -2.25. The number of anilines is 1. The summed E-state index contributed by atoms with van der Waals surface area (Å²) in [6.07, 6.45) is 0. The molecule has 9 nitrogen and oxygen atoms in total. The summed E-state index contributed by atoms with van der Waals surface area (Å²) in [5.41, 5.74) is 3.77. The third-order valence-corrected chi connectivity index (χ3v) is 5.87. The molecule has 0 spiro atoms. The van der Waals surface area contributed by atoms with Crippen LogP contribution in [0.1, 0.15) is 15.9 Å². The second kappa shape index (κ2) is 10.6. The van der Waals surface area contributed by atoms with Gasteiger partial charge in [0.05, 0.1) is 36.4 Å². The highest BCUT2D eigenvalue weighted by atomic mass is 127. The Kier molecular flexibility index (Phi) is 7.58. The normalized spacial score (nSPS) is 12.4. The number of hydrogen-bond acceptors (Lipinski definition) is 8. The molecule has 1 aromatic heterocycles. The van der Waals surface area contributed by atoms with Gasteiger partial charge < -0.3 is 29.2 Å². The van der Waals surface area contributed by atoms with Gasteiger partial charge in [0.2, 0.25) is 0 Å². The Morgan fingerprint density at radius 2 is 1.88 bits per heavy atom. The molecular weight excluding hydrogens is 525 g/mol. The number of aromatic hydroxyl groups is 1. The average Bonchev–Trinajstić information content (AvgIpc) is 3.16. The molecule has 0 aliphatic heterocycles. The van der Waals surface area contributed by atoms with E-state index in [9.17, 15) is 9.90 Å². The molecule has 4 rings (SSSR count). The van der Waals surface area contributed by atoms with Crippen molar-refractivity contribution in [2.24, 2.45) is 0 Å². The van der Waals surface area contributed by atoms with Crippen molar-refractivity contribution in [2.45, 2.75) is 6.54 Å². The van der Waals surface area contributed by atoms with Crippen molar-refractivity contribution in [1.82, 2.24) is 20.4 Å². The second-order valence-electron chi connectivity index (χ2n) is 7.45. The summed E-state index contributed by atoms with van der Waals surface area (Å²) in [5, 5.41) is 34.8. The van der Waals surface area contributed by atoms with E-state index in [0.29, 0.717) is 61.8 Å². The molecule has 1 heterocycles. The number of benzene rings is 2. The lowest BCUT2D eigenvalue weighted by Gasteiger charge is -2.19. The first-order chi connectivity index (χ1) is 15.7. The smallest absolute Gasteiger partial charge is 0.200 e. The van der Waals surface area contributed by atoms with Crippen molar-refractivity contribution < 1.29 is 18.1 Å². The van der Waals surface area contributed by atoms with E-state index in [4.69, 9.17) is 13.3 Å². The first kappa shape index (κ1) is 22.9. The molecule has 5 N–H and O–H groups in total. The highest BCUT2D eigenvalue weighted by Crippen LogP contribution is 2.44. The fourth-order valence-electron chi connectivity index (χ4n) is 4.02. The van der Waals surface area contributed by atoms with Crippen LogP contribution in [0.25, 0.3) is 22.2 Å². The predicted octanol–water partition coefficient (Wildman–Crippen LogP) is 1.90. The first-order valence-electron chi connectivity index (χ1n) is 10.6. The highest BCUT2D eigenvalue weighted by molar-refractivity contribution is 14.1. The maximum Gasteiger partial charge on any atom is 0.200 e. The van der Waals surface area contributed by atoms with E-state index in [2.05, 4.69) is 16.0 Å². The average molecular weight is 551 g/mol. The van der Waals surface area contributed by atoms with Crippen molar-refractivity contribution in [3.63, 3.8) is 0 Å². The number of ketones is 1. The van der Waals surface area contributed by atoms with E-state index in [1.807, 2.05) is 45.9 Å². The monoisotopic (exact) mass is 551 g/mol. The molecular formula is C22H26IN5O4. The fraction of sp³-hybridized carbons (Fsp3) is 0.364. The first-order valence-corrected chi connectivity index (χ1v) is 11.5. The van der Waals surface area contributed by atoms with Crippen LogP contribution in [0.5, 0.6) is 5.75 Å². The summed E-state index contributed by atoms with van der Waals surface area (Å²) in [6, 6.07) is 8.97. The number of hydrogen-bond donors (Lipinski definition) is 5. The molecule has 0 saturated heterocycles. The number of nitrogens with one attached hydrogen (secondary N) is 3. The fourth-order valence-corrected chi connectivity index (χ4v) is 4.24. The van der Waals surface area contributed by atoms with E-state index < -0.39 is 0 Å². The lowest BCUT2D eigenvalue weighted by Crippen LogP contribution is -2.25. The summed E-state index contributed by atoms with van der Waals surface area (Å²) >= 11 is 1.87. The van der Waals surface area contributed by atoms with Gasteiger partial charge in [0.1, 0.15) is 34.4 Å². The predicted molar refractivity (Wildman–Crippen MR) is 132 cm³/mol. The molecule has 0 unspecified atom stereocenters. The number of rotatable bonds is 12. The molecule has 0 atom stereocenters. The summed E-state index contributed by atoms with van der Waals surface area (Å²) in [6.45, 7) is 4.54. The summed E-state index contributed by atoms with van der Waals surface area (Å²) in [5.74, 6) is -0.250. The second-order valence-corrected chi connectivity index (χ2v) is 8.07. The van der Waals surface area contributed by atoms with Crippen LogP contribution in [0.15, 0.2) is 30.3 Å². The quantitative estimate of drug-likeness (QED) is 0.134. The van der Waals surface area contributed by atoms with Gasteiger partial charge in [-0.25, -0.2) is 0 Å². The van der Waals surface area contributed by atoms with E-state index in [1.54, 1.807) is 6.07 Å². The van der Waals surface area contributed by atoms with E-state index in [1.165, 1.54) is 6.07 Å². The van der Waals surface area contributed by atoms with Crippen molar-refractivity contribution in [3.8, 4) is 17.0 Å². The van der Waals surface area contributed by atoms with Crippen LogP contribution >= 0.6 is 23.0 Å². The summed E-state index contributed by atoms with van der Waals surface area (Å²) in [7, 11) is 0. The van der Waals surface area contributed by atoms with Crippen molar-refractivity contribution >= 4 is 45.4 Å². The van der Waals surface area contributed by atoms with Crippen LogP contribution in [0.2, 0.25) is 0 Å². The van der Waals surface area contributed by atoms with Crippen molar-refractivity contribution in [3.05, 3.63) is 41.5 Å². The molecule has 0 bridgehead atoms. The van der Waals surface area contributed by atoms with Crippen LogP contribution in [-0.4, -0.2) is 71.7 Å². The number of carbonyl (C=O) groups excluding carboxylic acids is 1. The lowest BCUT2D eigenvalue weighted by atomic mass is 9.86. The Bertz CT molecular complexity index is 1120. The van der Waals surface area contributed by atoms with Gasteiger partial charge in [0, 0.05) is 49.4 Å². The molecule has 32 heavy (non-hydrogen) atoms. The molecule has 0 amide bonds. The zero-order valence-electron chi connectivity index (χ0n) is 17.5. The molecule has 0 fully saturated rings. The van der Waals surface area contributed by atoms with Crippen molar-refractivity contribution in [2.75, 3.05) is 51.3 Å². The third kappa shape index (κ3) is 4.46. The number of nitrogens with zero attached hydrogens (tertiary/aromatic N) is 2. The number of phenols is 1. The van der Waals surface area contributed by atoms with Gasteiger partial charge >= 0.3 is 0 Å². The van der Waals surface area contributed by atoms with Gasteiger partial charge in [-0.05, 0) is 18.2 Å². The van der Waals surface area contributed by atoms with Crippen LogP contribution in [0, 0.1) is 0 Å². The lowest BCUT2D eigenvalue weighted by molar-refractivity contribution is 0.103. The summed E-state index contributed by atoms with van der Waals surface area (Å²) < 4.78 is 6.95. The molecule has 10 heteroatoms. The Morgan fingerprint density at radius 3 is 2.69 bits per heavy atom. The Morgan fingerprint density at radius 1 is 1.03 bits per heavy atom. The number of carbonyl (C=O) groups is 1. The van der Waals surface area contributed by atoms with Gasteiger partial charge in [-0.1, -0.05) is 12.1 Å². The van der Waals surface area contributed by atoms with Crippen LogP contribution < -0.4 is 16.0 Å². The minimum absolute atomic E-state index is 0.0410. The molecule has 2 aromatic carbocycles. The van der Waals surface area contributed by atoms with Gasteiger partial charge in [-0.15, -0.1) is 0 Å². The number of aromatic nitrogens is 2. The number of aliphatic hydroxyl groups is 1. The van der Waals surface area contributed by atoms with Crippen LogP contribution in [-0.2, 0) is 9.61 Å². The number of phenolic OH excluding ortho intramolecular Hbond substituents is 1. The molecule has 3 aromatic rings. The minimum atomic E-state index is -0.209. The maximum atomic E-state index is 13.5. The number of halogens is 1. The van der Waals surface area contributed by atoms with Gasteiger partial charge in [0.15, 0.2) is 5.78 Å². The third-order valence-electron chi connectivity index (χ3n) is 5.43. The van der Waals surface area contributed by atoms with E-state index >= 15 is 0 Å². The summed E-state index contributed by atoms with van der Waals surface area (Å²) in [4.78, 5) is 13.5. The van der Waals surface area contributed by atoms with Gasteiger partial charge in [0.25, 0.3) is 0 Å². The highest BCUT2D eigenvalue weighted by Gasteiger charge is 2.32. The van der Waals surface area contributed by atoms with E-state index in [-0.39, 0.29) is 23.7 Å². The van der Waals surface area contributed by atoms with Crippen LogP contribution in [0.4, 0.5) is 5.69 Å². The SMILES string of the molecule is O=C1c2c(O)cccc2-c2nn(CCNCCOI)c3ccc(NCCNCCO)c1c23. The molecule has 1 aliphatic rings. The number of aliphatic hydroxyl groups excluding tert-OH is 1. The standard InChI is InChI=1S/C22H26IN5O4/c23-32-13-10-25-8-11-28-16-5-4-15(26-7-6-24-9-12-29)19-20(16)21(27-28)14-2-1-3-17(30)18(14)22(19)31/h1-5,24-26,29-30H,6-13H2. The van der Waals surface area contributed by atoms with E-state index in [0.717, 1.165) is 17.4 Å². The maximum absolute atomic E-state index is 13.5. The minimum Gasteiger partial charge on any atom is -0.507 e. The molecule has 170 valence electrons. The zero-order chi connectivity index (χ0) is 22.5. The van der Waals surface area contributed by atoms with Crippen molar-refractivity contribution in [1.29, 1.82) is 0 Å². The Labute approximate surface area is 199 Å². The zero-order valence-corrected chi connectivity index (χ0v) is 19.7. The molecule has 0 saturated carbocycles. The molecule has 0 radical (unpaired) electrons. The largest absolute Gasteiger partial charge is 0.507 e. The van der Waals surface area contributed by atoms with Gasteiger partial charge in [-0.2, -0.15) is 5.10 Å². The van der Waals surface area contributed by atoms with Gasteiger partial charge in [-0.3, -0.25) is 9.48 Å². The van der Waals surface area contributed by atoms with Crippen LogP contribution in [0.3, 0.4) is 0 Å². The molecule has 1 aliphatic carbocycles.